The van der Waals surface area contributed by atoms with E-state index in [1.54, 1.807) is 21.1 Å². The molecule has 0 aliphatic heterocycles. The van der Waals surface area contributed by atoms with Gasteiger partial charge in [-0.05, 0) is 64.6 Å². The van der Waals surface area contributed by atoms with Gasteiger partial charge in [-0.25, -0.2) is 0 Å². The first-order valence-corrected chi connectivity index (χ1v) is 10.9. The number of ether oxygens (including phenoxy) is 2. The molecule has 0 bridgehead atoms. The highest BCUT2D eigenvalue weighted by molar-refractivity contribution is 5.66. The number of rotatable bonds is 7. The molecule has 0 heterocycles. The molecular weight excluding hydrogens is 412 g/mol. The highest BCUT2D eigenvalue weighted by Crippen LogP contribution is 2.36. The van der Waals surface area contributed by atoms with Crippen molar-refractivity contribution in [2.45, 2.75) is 18.6 Å². The lowest BCUT2D eigenvalue weighted by Crippen LogP contribution is -2.38. The van der Waals surface area contributed by atoms with Crippen LogP contribution in [0.3, 0.4) is 0 Å². The summed E-state index contributed by atoms with van der Waals surface area (Å²) < 4.78 is 10.4. The van der Waals surface area contributed by atoms with Crippen molar-refractivity contribution in [3.8, 4) is 33.8 Å². The van der Waals surface area contributed by atoms with Crippen molar-refractivity contribution in [3.63, 3.8) is 0 Å². The summed E-state index contributed by atoms with van der Waals surface area (Å²) in [6.45, 7) is 1.61. The molecule has 0 amide bonds. The number of aliphatic hydroxyl groups is 2. The van der Waals surface area contributed by atoms with Crippen LogP contribution in [0.1, 0.15) is 18.1 Å². The second-order valence-electron chi connectivity index (χ2n) is 8.05. The molecule has 4 aromatic rings. The van der Waals surface area contributed by atoms with Gasteiger partial charge in [0.15, 0.2) is 0 Å². The molecule has 2 N–H and O–H groups in total. The normalized spacial score (nSPS) is 12.3. The molecule has 0 radical (unpaired) electrons. The monoisotopic (exact) mass is 440 g/mol. The second-order valence-corrected chi connectivity index (χ2v) is 8.05. The Bertz CT molecular complexity index is 1090. The van der Waals surface area contributed by atoms with Gasteiger partial charge in [0.1, 0.15) is 17.1 Å². The molecule has 0 aromatic heterocycles. The van der Waals surface area contributed by atoms with Gasteiger partial charge in [-0.2, -0.15) is 0 Å². The zero-order valence-corrected chi connectivity index (χ0v) is 19.0. The Hall–Kier alpha value is -3.60. The standard InChI is InChI=1S/C29H28O4/c1-20(30)29(31,25-12-4-21(5-13-25)23-8-16-27(32-2)17-9-23)26-14-6-22(7-15-26)24-10-18-28(33-3)19-11-24/h4-20,30-31H,1-3H3/t20-/m0/s1. The third kappa shape index (κ3) is 4.49. The van der Waals surface area contributed by atoms with E-state index in [0.717, 1.165) is 33.8 Å². The van der Waals surface area contributed by atoms with Crippen LogP contribution in [0.15, 0.2) is 97.1 Å². The van der Waals surface area contributed by atoms with Crippen LogP contribution >= 0.6 is 0 Å². The van der Waals surface area contributed by atoms with E-state index in [1.165, 1.54) is 0 Å². The largest absolute Gasteiger partial charge is 0.497 e. The Balaban J connectivity index is 1.63. The Kier molecular flexibility index (Phi) is 6.50. The number of aliphatic hydroxyl groups excluding tert-OH is 1. The molecule has 168 valence electrons. The fourth-order valence-corrected chi connectivity index (χ4v) is 4.05. The summed E-state index contributed by atoms with van der Waals surface area (Å²) in [4.78, 5) is 0. The molecule has 0 aliphatic rings. The summed E-state index contributed by atoms with van der Waals surface area (Å²) in [5.41, 5.74) is 3.86. The summed E-state index contributed by atoms with van der Waals surface area (Å²) in [5, 5.41) is 22.2. The molecule has 0 unspecified atom stereocenters. The lowest BCUT2D eigenvalue weighted by Gasteiger charge is -2.32. The Labute approximate surface area is 194 Å². The van der Waals surface area contributed by atoms with Crippen molar-refractivity contribution in [1.82, 2.24) is 0 Å². The molecule has 33 heavy (non-hydrogen) atoms. The number of hydrogen-bond acceptors (Lipinski definition) is 4. The first-order valence-electron chi connectivity index (χ1n) is 10.9. The van der Waals surface area contributed by atoms with Crippen molar-refractivity contribution in [1.29, 1.82) is 0 Å². The van der Waals surface area contributed by atoms with E-state index in [9.17, 15) is 10.2 Å². The van der Waals surface area contributed by atoms with E-state index < -0.39 is 11.7 Å². The van der Waals surface area contributed by atoms with Crippen molar-refractivity contribution in [2.24, 2.45) is 0 Å². The van der Waals surface area contributed by atoms with E-state index in [4.69, 9.17) is 9.47 Å². The molecule has 0 saturated heterocycles. The smallest absolute Gasteiger partial charge is 0.140 e. The summed E-state index contributed by atoms with van der Waals surface area (Å²) in [6, 6.07) is 30.9. The Morgan fingerprint density at radius 2 is 0.818 bits per heavy atom. The molecule has 1 atom stereocenters. The van der Waals surface area contributed by atoms with Crippen LogP contribution in [0.5, 0.6) is 11.5 Å². The minimum absolute atomic E-state index is 0.631. The van der Waals surface area contributed by atoms with Gasteiger partial charge in [-0.1, -0.05) is 72.8 Å². The van der Waals surface area contributed by atoms with Crippen molar-refractivity contribution < 1.29 is 19.7 Å². The summed E-state index contributed by atoms with van der Waals surface area (Å²) in [5.74, 6) is 1.61. The highest BCUT2D eigenvalue weighted by Gasteiger charge is 2.36. The van der Waals surface area contributed by atoms with E-state index in [1.807, 2.05) is 97.1 Å². The maximum atomic E-state index is 11.6. The SMILES string of the molecule is COc1ccc(-c2ccc(C(O)(c3ccc(-c4ccc(OC)cc4)cc3)[C@H](C)O)cc2)cc1. The molecule has 0 spiro atoms. The summed E-state index contributed by atoms with van der Waals surface area (Å²) >= 11 is 0. The summed E-state index contributed by atoms with van der Waals surface area (Å²) in [7, 11) is 3.29. The van der Waals surface area contributed by atoms with Gasteiger partial charge in [-0.15, -0.1) is 0 Å². The van der Waals surface area contributed by atoms with E-state index in [2.05, 4.69) is 0 Å². The van der Waals surface area contributed by atoms with Gasteiger partial charge in [0, 0.05) is 0 Å². The van der Waals surface area contributed by atoms with Crippen LogP contribution in [-0.2, 0) is 5.60 Å². The van der Waals surface area contributed by atoms with Gasteiger partial charge >= 0.3 is 0 Å². The predicted octanol–water partition coefficient (Wildman–Crippen LogP) is 5.65. The van der Waals surface area contributed by atoms with Gasteiger partial charge in [-0.3, -0.25) is 0 Å². The van der Waals surface area contributed by atoms with Gasteiger partial charge < -0.3 is 19.7 Å². The molecule has 0 saturated carbocycles. The maximum absolute atomic E-state index is 11.6. The van der Waals surface area contributed by atoms with Crippen molar-refractivity contribution >= 4 is 0 Å². The average Bonchev–Trinajstić information content (AvgIpc) is 2.88. The number of hydrogen-bond donors (Lipinski definition) is 2. The zero-order chi connectivity index (χ0) is 23.4. The molecule has 4 nitrogen and oxygen atoms in total. The number of benzene rings is 4. The molecule has 4 aromatic carbocycles. The molecular formula is C29H28O4. The zero-order valence-electron chi connectivity index (χ0n) is 19.0. The third-order valence-electron chi connectivity index (χ3n) is 6.10. The molecule has 4 rings (SSSR count). The van der Waals surface area contributed by atoms with Crippen molar-refractivity contribution in [3.05, 3.63) is 108 Å². The van der Waals surface area contributed by atoms with E-state index in [-0.39, 0.29) is 0 Å². The van der Waals surface area contributed by atoms with Gasteiger partial charge in [0.05, 0.1) is 20.3 Å². The van der Waals surface area contributed by atoms with Crippen LogP contribution in [-0.4, -0.2) is 30.5 Å². The molecule has 0 fully saturated rings. The van der Waals surface area contributed by atoms with Crippen LogP contribution in [0, 0.1) is 0 Å². The van der Waals surface area contributed by atoms with Gasteiger partial charge in [0.25, 0.3) is 0 Å². The van der Waals surface area contributed by atoms with Crippen LogP contribution < -0.4 is 9.47 Å². The number of methoxy groups -OCH3 is 2. The van der Waals surface area contributed by atoms with Crippen molar-refractivity contribution in [2.75, 3.05) is 14.2 Å². The van der Waals surface area contributed by atoms with Crippen LogP contribution in [0.25, 0.3) is 22.3 Å². The lowest BCUT2D eigenvalue weighted by molar-refractivity contribution is -0.0394. The minimum atomic E-state index is -1.53. The fraction of sp³-hybridized carbons (Fsp3) is 0.172. The van der Waals surface area contributed by atoms with E-state index >= 15 is 0 Å². The van der Waals surface area contributed by atoms with E-state index in [0.29, 0.717) is 11.1 Å². The average molecular weight is 441 g/mol. The third-order valence-corrected chi connectivity index (χ3v) is 6.10. The minimum Gasteiger partial charge on any atom is -0.497 e. The van der Waals surface area contributed by atoms with Crippen LogP contribution in [0.4, 0.5) is 0 Å². The summed E-state index contributed by atoms with van der Waals surface area (Å²) in [6.07, 6.45) is -1.00. The highest BCUT2D eigenvalue weighted by atomic mass is 16.5. The van der Waals surface area contributed by atoms with Gasteiger partial charge in [0.2, 0.25) is 0 Å². The topological polar surface area (TPSA) is 58.9 Å². The molecule has 0 aliphatic carbocycles. The Morgan fingerprint density at radius 3 is 1.06 bits per heavy atom. The Morgan fingerprint density at radius 1 is 0.545 bits per heavy atom. The first-order chi connectivity index (χ1) is 16.0. The first kappa shape index (κ1) is 22.6. The quantitative estimate of drug-likeness (QED) is 0.390. The predicted molar refractivity (Wildman–Crippen MR) is 132 cm³/mol. The maximum Gasteiger partial charge on any atom is 0.140 e. The second kappa shape index (κ2) is 9.49. The lowest BCUT2D eigenvalue weighted by atomic mass is 9.81. The fourth-order valence-electron chi connectivity index (χ4n) is 4.05. The molecule has 4 heteroatoms. The van der Waals surface area contributed by atoms with Crippen LogP contribution in [0.2, 0.25) is 0 Å².